The van der Waals surface area contributed by atoms with E-state index in [-0.39, 0.29) is 0 Å². The lowest BCUT2D eigenvalue weighted by atomic mass is 9.78. The molecule has 0 aromatic carbocycles. The highest BCUT2D eigenvalue weighted by molar-refractivity contribution is 4.76. The maximum absolute atomic E-state index is 3.34. The van der Waals surface area contributed by atoms with Crippen molar-refractivity contribution in [3.8, 4) is 0 Å². The van der Waals surface area contributed by atoms with Crippen LogP contribution in [0.1, 0.15) is 66.7 Å². The Kier molecular flexibility index (Phi) is 8.09. The van der Waals surface area contributed by atoms with Crippen molar-refractivity contribution < 1.29 is 0 Å². The van der Waals surface area contributed by atoms with Crippen LogP contribution in [0.25, 0.3) is 0 Å². The largest absolute Gasteiger partial charge is 0.319 e. The van der Waals surface area contributed by atoms with Crippen molar-refractivity contribution in [2.75, 3.05) is 13.6 Å². The first-order chi connectivity index (χ1) is 7.49. The van der Waals surface area contributed by atoms with Crippen molar-refractivity contribution in [2.24, 2.45) is 17.3 Å². The SMILES string of the molecule is CCCC(C)C(C)CCC(C)(CC)CNC. The van der Waals surface area contributed by atoms with Gasteiger partial charge in [0.25, 0.3) is 0 Å². The molecule has 0 radical (unpaired) electrons. The summed E-state index contributed by atoms with van der Waals surface area (Å²) < 4.78 is 0. The summed E-state index contributed by atoms with van der Waals surface area (Å²) in [6, 6.07) is 0. The summed E-state index contributed by atoms with van der Waals surface area (Å²) in [5.74, 6) is 1.77. The minimum Gasteiger partial charge on any atom is -0.319 e. The quantitative estimate of drug-likeness (QED) is 0.612. The summed E-state index contributed by atoms with van der Waals surface area (Å²) in [5, 5.41) is 3.34. The molecule has 0 aromatic rings. The maximum atomic E-state index is 3.34. The molecule has 0 saturated carbocycles. The molecule has 0 rings (SSSR count). The van der Waals surface area contributed by atoms with Gasteiger partial charge in [0.1, 0.15) is 0 Å². The van der Waals surface area contributed by atoms with Crippen LogP contribution in [0, 0.1) is 17.3 Å². The zero-order chi connectivity index (χ0) is 12.6. The van der Waals surface area contributed by atoms with Gasteiger partial charge in [-0.3, -0.25) is 0 Å². The Bertz CT molecular complexity index is 167. The Morgan fingerprint density at radius 2 is 1.62 bits per heavy atom. The summed E-state index contributed by atoms with van der Waals surface area (Å²) in [7, 11) is 2.07. The first-order valence-electron chi connectivity index (χ1n) is 7.13. The van der Waals surface area contributed by atoms with Crippen LogP contribution >= 0.6 is 0 Å². The molecule has 1 nitrogen and oxygen atoms in total. The third-order valence-corrected chi connectivity index (χ3v) is 4.38. The number of hydrogen-bond acceptors (Lipinski definition) is 1. The Labute approximate surface area is 103 Å². The van der Waals surface area contributed by atoms with E-state index in [0.29, 0.717) is 5.41 Å². The fourth-order valence-corrected chi connectivity index (χ4v) is 2.42. The summed E-state index contributed by atoms with van der Waals surface area (Å²) in [5.41, 5.74) is 0.495. The topological polar surface area (TPSA) is 12.0 Å². The van der Waals surface area contributed by atoms with Crippen molar-refractivity contribution in [3.05, 3.63) is 0 Å². The van der Waals surface area contributed by atoms with Gasteiger partial charge in [-0.1, -0.05) is 47.5 Å². The third-order valence-electron chi connectivity index (χ3n) is 4.38. The van der Waals surface area contributed by atoms with Crippen LogP contribution in [-0.4, -0.2) is 13.6 Å². The summed E-state index contributed by atoms with van der Waals surface area (Å²) in [6.07, 6.45) is 6.73. The van der Waals surface area contributed by atoms with Crippen molar-refractivity contribution in [3.63, 3.8) is 0 Å². The Morgan fingerprint density at radius 1 is 1.06 bits per heavy atom. The highest BCUT2D eigenvalue weighted by Gasteiger charge is 2.23. The van der Waals surface area contributed by atoms with Crippen LogP contribution in [0.2, 0.25) is 0 Å². The zero-order valence-electron chi connectivity index (χ0n) is 12.4. The van der Waals surface area contributed by atoms with E-state index >= 15 is 0 Å². The second kappa shape index (κ2) is 8.11. The molecule has 3 unspecified atom stereocenters. The Hall–Kier alpha value is -0.0400. The lowest BCUT2D eigenvalue weighted by Gasteiger charge is -2.30. The van der Waals surface area contributed by atoms with Gasteiger partial charge < -0.3 is 5.32 Å². The van der Waals surface area contributed by atoms with Gasteiger partial charge in [0.15, 0.2) is 0 Å². The molecule has 0 aromatic heterocycles. The van der Waals surface area contributed by atoms with Gasteiger partial charge in [0.2, 0.25) is 0 Å². The Balaban J connectivity index is 4.00. The van der Waals surface area contributed by atoms with E-state index in [2.05, 4.69) is 47.0 Å². The minimum atomic E-state index is 0.495. The van der Waals surface area contributed by atoms with Crippen LogP contribution in [-0.2, 0) is 0 Å². The van der Waals surface area contributed by atoms with Crippen molar-refractivity contribution in [1.82, 2.24) is 5.32 Å². The van der Waals surface area contributed by atoms with Crippen molar-refractivity contribution >= 4 is 0 Å². The Morgan fingerprint density at radius 3 is 2.06 bits per heavy atom. The highest BCUT2D eigenvalue weighted by atomic mass is 14.8. The van der Waals surface area contributed by atoms with Gasteiger partial charge in [0.05, 0.1) is 0 Å². The standard InChI is InChI=1S/C15H33N/c1-7-9-13(3)14(4)10-11-15(5,8-2)12-16-6/h13-14,16H,7-12H2,1-6H3. The molecule has 0 aliphatic carbocycles. The van der Waals surface area contributed by atoms with E-state index in [1.54, 1.807) is 0 Å². The molecule has 0 fully saturated rings. The number of nitrogens with one attached hydrogen (secondary N) is 1. The average Bonchev–Trinajstić information content (AvgIpc) is 2.26. The first kappa shape index (κ1) is 16.0. The molecule has 0 spiro atoms. The molecular formula is C15H33N. The van der Waals surface area contributed by atoms with E-state index < -0.39 is 0 Å². The molecule has 16 heavy (non-hydrogen) atoms. The summed E-state index contributed by atoms with van der Waals surface area (Å²) in [4.78, 5) is 0. The first-order valence-corrected chi connectivity index (χ1v) is 7.13. The van der Waals surface area contributed by atoms with Gasteiger partial charge in [-0.2, -0.15) is 0 Å². The average molecular weight is 227 g/mol. The predicted molar refractivity (Wildman–Crippen MR) is 74.8 cm³/mol. The number of hydrogen-bond donors (Lipinski definition) is 1. The lowest BCUT2D eigenvalue weighted by Crippen LogP contribution is -2.29. The van der Waals surface area contributed by atoms with Crippen LogP contribution in [0.3, 0.4) is 0 Å². The van der Waals surface area contributed by atoms with E-state index in [0.717, 1.165) is 18.4 Å². The van der Waals surface area contributed by atoms with Gasteiger partial charge in [-0.25, -0.2) is 0 Å². The van der Waals surface area contributed by atoms with Crippen LogP contribution in [0.5, 0.6) is 0 Å². The molecule has 0 bridgehead atoms. The molecule has 0 aliphatic heterocycles. The normalized spacial score (nSPS) is 19.1. The van der Waals surface area contributed by atoms with Crippen LogP contribution in [0.15, 0.2) is 0 Å². The van der Waals surface area contributed by atoms with E-state index in [1.807, 2.05) is 0 Å². The van der Waals surface area contributed by atoms with E-state index in [9.17, 15) is 0 Å². The van der Waals surface area contributed by atoms with Crippen LogP contribution in [0.4, 0.5) is 0 Å². The molecule has 0 heterocycles. The molecule has 0 amide bonds. The van der Waals surface area contributed by atoms with Crippen molar-refractivity contribution in [2.45, 2.75) is 66.7 Å². The lowest BCUT2D eigenvalue weighted by molar-refractivity contribution is 0.227. The molecule has 0 aliphatic rings. The van der Waals surface area contributed by atoms with Gasteiger partial charge in [-0.05, 0) is 43.6 Å². The zero-order valence-corrected chi connectivity index (χ0v) is 12.4. The fraction of sp³-hybridized carbons (Fsp3) is 1.00. The molecule has 3 atom stereocenters. The monoisotopic (exact) mass is 227 g/mol. The third kappa shape index (κ3) is 5.89. The summed E-state index contributed by atoms with van der Waals surface area (Å²) >= 11 is 0. The second-order valence-electron chi connectivity index (χ2n) is 5.98. The summed E-state index contributed by atoms with van der Waals surface area (Å²) in [6.45, 7) is 13.0. The fourth-order valence-electron chi connectivity index (χ4n) is 2.42. The molecule has 1 heteroatoms. The van der Waals surface area contributed by atoms with Crippen LogP contribution < -0.4 is 5.32 Å². The van der Waals surface area contributed by atoms with Gasteiger partial charge in [0, 0.05) is 6.54 Å². The highest BCUT2D eigenvalue weighted by Crippen LogP contribution is 2.31. The number of rotatable bonds is 9. The minimum absolute atomic E-state index is 0.495. The predicted octanol–water partition coefficient (Wildman–Crippen LogP) is 4.47. The molecule has 1 N–H and O–H groups in total. The smallest absolute Gasteiger partial charge is 0.000206 e. The second-order valence-corrected chi connectivity index (χ2v) is 5.98. The van der Waals surface area contributed by atoms with Crippen molar-refractivity contribution in [1.29, 1.82) is 0 Å². The van der Waals surface area contributed by atoms with E-state index in [1.165, 1.54) is 32.1 Å². The molecule has 0 saturated heterocycles. The molecule has 98 valence electrons. The van der Waals surface area contributed by atoms with E-state index in [4.69, 9.17) is 0 Å². The molecular weight excluding hydrogens is 194 g/mol. The maximum Gasteiger partial charge on any atom is 0.000206 e. The van der Waals surface area contributed by atoms with Gasteiger partial charge >= 0.3 is 0 Å². The van der Waals surface area contributed by atoms with Gasteiger partial charge in [-0.15, -0.1) is 0 Å².